The van der Waals surface area contributed by atoms with E-state index in [1.165, 1.54) is 0 Å². The fraction of sp³-hybridized carbons (Fsp3) is 0.500. The van der Waals surface area contributed by atoms with Crippen LogP contribution in [0, 0.1) is 3.57 Å². The second-order valence-electron chi connectivity index (χ2n) is 4.84. The zero-order valence-electron chi connectivity index (χ0n) is 11.2. The molecule has 1 fully saturated rings. The first-order chi connectivity index (χ1) is 9.19. The molecule has 1 aliphatic rings. The first kappa shape index (κ1) is 14.7. The number of amides is 1. The summed E-state index contributed by atoms with van der Waals surface area (Å²) in [7, 11) is 0. The quantitative estimate of drug-likeness (QED) is 0.749. The van der Waals surface area contributed by atoms with Crippen molar-refractivity contribution in [3.8, 4) is 0 Å². The molecule has 104 valence electrons. The van der Waals surface area contributed by atoms with Crippen LogP contribution in [-0.2, 0) is 4.79 Å². The molecule has 0 bridgehead atoms. The van der Waals surface area contributed by atoms with Gasteiger partial charge in [-0.2, -0.15) is 0 Å². The Labute approximate surface area is 128 Å². The van der Waals surface area contributed by atoms with Gasteiger partial charge in [0.15, 0.2) is 0 Å². The van der Waals surface area contributed by atoms with E-state index in [0.29, 0.717) is 12.6 Å². The summed E-state index contributed by atoms with van der Waals surface area (Å²) in [6.45, 7) is 5.60. The van der Waals surface area contributed by atoms with Gasteiger partial charge in [-0.15, -0.1) is 0 Å². The number of benzene rings is 1. The van der Waals surface area contributed by atoms with Crippen molar-refractivity contribution in [2.45, 2.75) is 19.4 Å². The van der Waals surface area contributed by atoms with E-state index in [2.05, 4.69) is 45.0 Å². The van der Waals surface area contributed by atoms with Gasteiger partial charge in [0.2, 0.25) is 5.91 Å². The molecule has 0 aliphatic carbocycles. The number of rotatable bonds is 6. The van der Waals surface area contributed by atoms with E-state index in [1.807, 2.05) is 24.3 Å². The number of anilines is 1. The van der Waals surface area contributed by atoms with Crippen LogP contribution >= 0.6 is 22.6 Å². The lowest BCUT2D eigenvalue weighted by Crippen LogP contribution is -2.58. The highest BCUT2D eigenvalue weighted by Crippen LogP contribution is 2.13. The first-order valence-corrected chi connectivity index (χ1v) is 7.77. The SMILES string of the molecule is CCCN(CC(=O)Nc1cccc(I)c1)C1CNC1. The van der Waals surface area contributed by atoms with Crippen LogP contribution < -0.4 is 10.6 Å². The van der Waals surface area contributed by atoms with Crippen LogP contribution in [0.25, 0.3) is 0 Å². The van der Waals surface area contributed by atoms with Gasteiger partial charge in [-0.05, 0) is 53.8 Å². The zero-order valence-corrected chi connectivity index (χ0v) is 13.3. The molecule has 1 aromatic carbocycles. The van der Waals surface area contributed by atoms with Crippen LogP contribution in [0.15, 0.2) is 24.3 Å². The Kier molecular flexibility index (Phi) is 5.59. The molecule has 0 aromatic heterocycles. The highest BCUT2D eigenvalue weighted by atomic mass is 127. The third-order valence-corrected chi connectivity index (χ3v) is 3.91. The van der Waals surface area contributed by atoms with E-state index < -0.39 is 0 Å². The minimum atomic E-state index is 0.0716. The van der Waals surface area contributed by atoms with Crippen molar-refractivity contribution in [2.24, 2.45) is 0 Å². The van der Waals surface area contributed by atoms with Gasteiger partial charge in [-0.25, -0.2) is 0 Å². The summed E-state index contributed by atoms with van der Waals surface area (Å²) < 4.78 is 1.13. The second-order valence-corrected chi connectivity index (χ2v) is 6.09. The third kappa shape index (κ3) is 4.43. The van der Waals surface area contributed by atoms with E-state index in [-0.39, 0.29) is 5.91 Å². The van der Waals surface area contributed by atoms with E-state index in [4.69, 9.17) is 0 Å². The van der Waals surface area contributed by atoms with Crippen molar-refractivity contribution in [3.05, 3.63) is 27.8 Å². The Bertz CT molecular complexity index is 434. The molecule has 4 nitrogen and oxygen atoms in total. The summed E-state index contributed by atoms with van der Waals surface area (Å²) in [5.74, 6) is 0.0716. The number of carbonyl (C=O) groups is 1. The van der Waals surface area contributed by atoms with Gasteiger partial charge in [-0.1, -0.05) is 13.0 Å². The molecule has 19 heavy (non-hydrogen) atoms. The monoisotopic (exact) mass is 373 g/mol. The summed E-state index contributed by atoms with van der Waals surface area (Å²) in [5, 5.41) is 6.23. The lowest BCUT2D eigenvalue weighted by atomic mass is 10.1. The molecule has 0 atom stereocenters. The summed E-state index contributed by atoms with van der Waals surface area (Å²) in [4.78, 5) is 14.3. The lowest BCUT2D eigenvalue weighted by molar-refractivity contribution is -0.118. The summed E-state index contributed by atoms with van der Waals surface area (Å²) in [6.07, 6.45) is 1.08. The van der Waals surface area contributed by atoms with Crippen LogP contribution in [0.2, 0.25) is 0 Å². The van der Waals surface area contributed by atoms with Crippen molar-refractivity contribution < 1.29 is 4.79 Å². The lowest BCUT2D eigenvalue weighted by Gasteiger charge is -2.37. The molecule has 0 radical (unpaired) electrons. The van der Waals surface area contributed by atoms with Gasteiger partial charge < -0.3 is 10.6 Å². The first-order valence-electron chi connectivity index (χ1n) is 6.69. The molecule has 0 saturated carbocycles. The smallest absolute Gasteiger partial charge is 0.238 e. The molecule has 2 N–H and O–H groups in total. The van der Waals surface area contributed by atoms with E-state index in [1.54, 1.807) is 0 Å². The van der Waals surface area contributed by atoms with Crippen LogP contribution in [0.5, 0.6) is 0 Å². The van der Waals surface area contributed by atoms with Gasteiger partial charge >= 0.3 is 0 Å². The molecule has 0 spiro atoms. The number of carbonyl (C=O) groups excluding carboxylic acids is 1. The maximum atomic E-state index is 12.1. The van der Waals surface area contributed by atoms with Gasteiger partial charge in [0.1, 0.15) is 0 Å². The number of nitrogens with zero attached hydrogens (tertiary/aromatic N) is 1. The number of hydrogen-bond donors (Lipinski definition) is 2. The maximum Gasteiger partial charge on any atom is 0.238 e. The average Bonchev–Trinajstić information content (AvgIpc) is 2.26. The van der Waals surface area contributed by atoms with Crippen LogP contribution in [-0.4, -0.2) is 43.0 Å². The average molecular weight is 373 g/mol. The number of halogens is 1. The fourth-order valence-corrected chi connectivity index (χ4v) is 2.70. The van der Waals surface area contributed by atoms with Gasteiger partial charge in [-0.3, -0.25) is 9.69 Å². The maximum absolute atomic E-state index is 12.1. The minimum absolute atomic E-state index is 0.0716. The van der Waals surface area contributed by atoms with Crippen molar-refractivity contribution >= 4 is 34.2 Å². The Balaban J connectivity index is 1.88. The molecule has 1 amide bonds. The largest absolute Gasteiger partial charge is 0.325 e. The zero-order chi connectivity index (χ0) is 13.7. The molecule has 0 unspecified atom stereocenters. The highest BCUT2D eigenvalue weighted by molar-refractivity contribution is 14.1. The molecule has 2 rings (SSSR count). The van der Waals surface area contributed by atoms with Gasteiger partial charge in [0.05, 0.1) is 6.54 Å². The predicted octanol–water partition coefficient (Wildman–Crippen LogP) is 1.91. The van der Waals surface area contributed by atoms with Crippen molar-refractivity contribution in [3.63, 3.8) is 0 Å². The van der Waals surface area contributed by atoms with E-state index in [0.717, 1.165) is 35.3 Å². The van der Waals surface area contributed by atoms with Gasteiger partial charge in [0.25, 0.3) is 0 Å². The molecular formula is C14H20IN3O. The van der Waals surface area contributed by atoms with Crippen molar-refractivity contribution in [1.82, 2.24) is 10.2 Å². The fourth-order valence-electron chi connectivity index (χ4n) is 2.16. The van der Waals surface area contributed by atoms with E-state index >= 15 is 0 Å². The summed E-state index contributed by atoms with van der Waals surface area (Å²) >= 11 is 2.25. The number of hydrogen-bond acceptors (Lipinski definition) is 3. The van der Waals surface area contributed by atoms with Crippen molar-refractivity contribution in [1.29, 1.82) is 0 Å². The summed E-state index contributed by atoms with van der Waals surface area (Å²) in [6, 6.07) is 8.39. The molecule has 1 saturated heterocycles. The Morgan fingerprint density at radius 2 is 2.32 bits per heavy atom. The molecular weight excluding hydrogens is 353 g/mol. The Morgan fingerprint density at radius 3 is 2.89 bits per heavy atom. The van der Waals surface area contributed by atoms with E-state index in [9.17, 15) is 4.79 Å². The normalized spacial score (nSPS) is 15.3. The highest BCUT2D eigenvalue weighted by Gasteiger charge is 2.25. The second kappa shape index (κ2) is 7.21. The Hall–Kier alpha value is -0.660. The standard InChI is InChI=1S/C14H20IN3O/c1-2-6-18(13-8-16-9-13)10-14(19)17-12-5-3-4-11(15)7-12/h3-5,7,13,16H,2,6,8-10H2,1H3,(H,17,19). The minimum Gasteiger partial charge on any atom is -0.325 e. The Morgan fingerprint density at radius 1 is 1.53 bits per heavy atom. The van der Waals surface area contributed by atoms with Crippen LogP contribution in [0.1, 0.15) is 13.3 Å². The molecule has 1 heterocycles. The molecule has 1 aliphatic heterocycles. The predicted molar refractivity (Wildman–Crippen MR) is 86.3 cm³/mol. The van der Waals surface area contributed by atoms with Crippen molar-refractivity contribution in [2.75, 3.05) is 31.5 Å². The summed E-state index contributed by atoms with van der Waals surface area (Å²) in [5.41, 5.74) is 0.875. The van der Waals surface area contributed by atoms with Gasteiger partial charge in [0, 0.05) is 28.4 Å². The molecule has 5 heteroatoms. The van der Waals surface area contributed by atoms with Crippen LogP contribution in [0.4, 0.5) is 5.69 Å². The third-order valence-electron chi connectivity index (χ3n) is 3.24. The number of nitrogens with one attached hydrogen (secondary N) is 2. The van der Waals surface area contributed by atoms with Crippen LogP contribution in [0.3, 0.4) is 0 Å². The molecule has 1 aromatic rings. The topological polar surface area (TPSA) is 44.4 Å².